The van der Waals surface area contributed by atoms with E-state index < -0.39 is 0 Å². The van der Waals surface area contributed by atoms with E-state index in [0.717, 1.165) is 45.1 Å². The van der Waals surface area contributed by atoms with Gasteiger partial charge in [0.05, 0.1) is 12.7 Å². The molecule has 0 bridgehead atoms. The normalized spacial score (nSPS) is 50.0. The topological polar surface area (TPSA) is 46.7 Å². The molecule has 0 aromatic rings. The van der Waals surface area contributed by atoms with Crippen molar-refractivity contribution >= 4 is 11.6 Å². The predicted octanol–water partition coefficient (Wildman–Crippen LogP) is 3.86. The fraction of sp³-hybridized carbons (Fsp3) is 0.810. The zero-order valence-electron chi connectivity index (χ0n) is 14.7. The van der Waals surface area contributed by atoms with Crippen LogP contribution in [-0.4, -0.2) is 24.3 Å². The molecule has 5 aliphatic rings. The zero-order valence-corrected chi connectivity index (χ0v) is 14.7. The smallest absolute Gasteiger partial charge is 0.155 e. The molecule has 1 heterocycles. The highest BCUT2D eigenvalue weighted by Crippen LogP contribution is 2.66. The number of rotatable bonds is 2. The maximum atomic E-state index is 12.5. The largest absolute Gasteiger partial charge is 0.373 e. The van der Waals surface area contributed by atoms with Gasteiger partial charge in [0.25, 0.3) is 0 Å². The Kier molecular flexibility index (Phi) is 3.21. The van der Waals surface area contributed by atoms with Crippen LogP contribution < -0.4 is 0 Å². The number of Topliss-reactive ketones (excluding diaryl/α,β-unsaturated/α-hetero) is 1. The lowest BCUT2D eigenvalue weighted by Gasteiger charge is -2.58. The number of carbonyl (C=O) groups is 2. The molecule has 4 aliphatic carbocycles. The van der Waals surface area contributed by atoms with E-state index in [-0.39, 0.29) is 10.8 Å². The minimum atomic E-state index is -0.0514. The van der Waals surface area contributed by atoms with E-state index in [4.69, 9.17) is 4.74 Å². The Morgan fingerprint density at radius 3 is 2.71 bits per heavy atom. The Hall–Kier alpha value is -0.960. The Morgan fingerprint density at radius 1 is 1.08 bits per heavy atom. The van der Waals surface area contributed by atoms with Crippen LogP contribution in [0.1, 0.15) is 64.7 Å². The van der Waals surface area contributed by atoms with Crippen LogP contribution in [0.3, 0.4) is 0 Å². The van der Waals surface area contributed by atoms with E-state index in [1.165, 1.54) is 18.4 Å². The van der Waals surface area contributed by atoms with Gasteiger partial charge >= 0.3 is 0 Å². The van der Waals surface area contributed by atoms with Gasteiger partial charge in [-0.05, 0) is 74.2 Å². The minimum Gasteiger partial charge on any atom is -0.373 e. The highest BCUT2D eigenvalue weighted by Gasteiger charge is 2.60. The molecule has 6 atom stereocenters. The number of ether oxygens (including phenoxy) is 1. The molecule has 0 spiro atoms. The van der Waals surface area contributed by atoms with Gasteiger partial charge < -0.3 is 4.74 Å². The average Bonchev–Trinajstić information content (AvgIpc) is 3.32. The van der Waals surface area contributed by atoms with E-state index in [1.54, 1.807) is 0 Å². The summed E-state index contributed by atoms with van der Waals surface area (Å²) in [4.78, 5) is 24.6. The fourth-order valence-electron chi connectivity index (χ4n) is 7.11. The third-order valence-corrected chi connectivity index (χ3v) is 8.39. The molecule has 3 nitrogen and oxygen atoms in total. The molecule has 130 valence electrons. The molecule has 1 aliphatic heterocycles. The van der Waals surface area contributed by atoms with E-state index in [1.807, 2.05) is 6.08 Å². The minimum absolute atomic E-state index is 0.0514. The van der Waals surface area contributed by atoms with Gasteiger partial charge in [0.15, 0.2) is 5.78 Å². The molecule has 0 amide bonds. The lowest BCUT2D eigenvalue weighted by molar-refractivity contribution is -0.133. The highest BCUT2D eigenvalue weighted by molar-refractivity contribution is 5.91. The molecule has 0 radical (unpaired) electrons. The number of fused-ring (bicyclic) bond motifs is 5. The van der Waals surface area contributed by atoms with Crippen molar-refractivity contribution in [1.29, 1.82) is 0 Å². The standard InChI is InChI=1S/C21H28O3/c1-20-8-7-18-16(17(20)4-5-19(20)23)3-2-13-10-14(22)6-9-21(13,18)11-15-12-24-15/h10,15-18H,2-9,11-12H2,1H3/t15-,16+,17+,18+,20+,21-/m1/s1. The number of ketones is 2. The van der Waals surface area contributed by atoms with Crippen LogP contribution in [0.25, 0.3) is 0 Å². The molecule has 1 saturated heterocycles. The number of hydrogen-bond donors (Lipinski definition) is 0. The van der Waals surface area contributed by atoms with Gasteiger partial charge in [-0.25, -0.2) is 0 Å². The van der Waals surface area contributed by atoms with Crippen LogP contribution in [0.2, 0.25) is 0 Å². The van der Waals surface area contributed by atoms with Gasteiger partial charge in [0.1, 0.15) is 5.78 Å². The van der Waals surface area contributed by atoms with Gasteiger partial charge in [-0.15, -0.1) is 0 Å². The Morgan fingerprint density at radius 2 is 1.92 bits per heavy atom. The molecule has 4 fully saturated rings. The van der Waals surface area contributed by atoms with Crippen LogP contribution in [0.15, 0.2) is 11.6 Å². The molecular formula is C21H28O3. The molecule has 5 rings (SSSR count). The van der Waals surface area contributed by atoms with Crippen molar-refractivity contribution in [2.75, 3.05) is 6.61 Å². The molecule has 3 saturated carbocycles. The summed E-state index contributed by atoms with van der Waals surface area (Å²) in [5.74, 6) is 2.77. The maximum Gasteiger partial charge on any atom is 0.155 e. The van der Waals surface area contributed by atoms with Gasteiger partial charge in [-0.2, -0.15) is 0 Å². The molecule has 0 N–H and O–H groups in total. The third kappa shape index (κ3) is 2.00. The Bertz CT molecular complexity index is 631. The molecule has 0 aromatic carbocycles. The zero-order chi connectivity index (χ0) is 16.5. The van der Waals surface area contributed by atoms with E-state index in [2.05, 4.69) is 6.92 Å². The average molecular weight is 328 g/mol. The van der Waals surface area contributed by atoms with Crippen LogP contribution in [0.4, 0.5) is 0 Å². The van der Waals surface area contributed by atoms with Crippen LogP contribution in [-0.2, 0) is 14.3 Å². The Labute approximate surface area is 144 Å². The summed E-state index contributed by atoms with van der Waals surface area (Å²) in [5.41, 5.74) is 1.58. The van der Waals surface area contributed by atoms with Crippen LogP contribution in [0.5, 0.6) is 0 Å². The lowest BCUT2D eigenvalue weighted by Crippen LogP contribution is -2.52. The highest BCUT2D eigenvalue weighted by atomic mass is 16.6. The number of epoxide rings is 1. The number of carbonyl (C=O) groups excluding carboxylic acids is 2. The van der Waals surface area contributed by atoms with Gasteiger partial charge in [0, 0.05) is 18.3 Å². The van der Waals surface area contributed by atoms with Crippen LogP contribution >= 0.6 is 0 Å². The van der Waals surface area contributed by atoms with Crippen molar-refractivity contribution < 1.29 is 14.3 Å². The van der Waals surface area contributed by atoms with Crippen molar-refractivity contribution in [2.45, 2.75) is 70.8 Å². The summed E-state index contributed by atoms with van der Waals surface area (Å²) < 4.78 is 5.62. The summed E-state index contributed by atoms with van der Waals surface area (Å²) in [6.45, 7) is 3.15. The first kappa shape index (κ1) is 15.3. The van der Waals surface area contributed by atoms with Gasteiger partial charge in [-0.3, -0.25) is 9.59 Å². The molecule has 3 heteroatoms. The summed E-state index contributed by atoms with van der Waals surface area (Å²) in [5, 5.41) is 0. The van der Waals surface area contributed by atoms with Crippen LogP contribution in [0, 0.1) is 28.6 Å². The SMILES string of the molecule is C[C@]12CC[C@H]3[C@@H](CCC4=CC(=O)CC[C@@]43C[C@@H]3CO3)[C@@H]1CCC2=O. The third-order valence-electron chi connectivity index (χ3n) is 8.39. The predicted molar refractivity (Wildman–Crippen MR) is 90.4 cm³/mol. The van der Waals surface area contributed by atoms with E-state index in [0.29, 0.717) is 41.8 Å². The molecule has 0 unspecified atom stereocenters. The van der Waals surface area contributed by atoms with Crippen molar-refractivity contribution in [3.63, 3.8) is 0 Å². The summed E-state index contributed by atoms with van der Waals surface area (Å²) in [6, 6.07) is 0. The Balaban J connectivity index is 1.54. The summed E-state index contributed by atoms with van der Waals surface area (Å²) in [7, 11) is 0. The van der Waals surface area contributed by atoms with Gasteiger partial charge in [0.2, 0.25) is 0 Å². The number of hydrogen-bond acceptors (Lipinski definition) is 3. The first-order valence-electron chi connectivity index (χ1n) is 9.92. The maximum absolute atomic E-state index is 12.5. The summed E-state index contributed by atoms with van der Waals surface area (Å²) in [6.07, 6.45) is 11.6. The second kappa shape index (κ2) is 5.03. The molecular weight excluding hydrogens is 300 g/mol. The monoisotopic (exact) mass is 328 g/mol. The van der Waals surface area contributed by atoms with Crippen molar-refractivity contribution in [2.24, 2.45) is 28.6 Å². The molecule has 24 heavy (non-hydrogen) atoms. The first-order valence-corrected chi connectivity index (χ1v) is 9.92. The second-order valence-corrected chi connectivity index (χ2v) is 9.29. The van der Waals surface area contributed by atoms with Gasteiger partial charge in [-0.1, -0.05) is 12.5 Å². The van der Waals surface area contributed by atoms with Crippen molar-refractivity contribution in [3.05, 3.63) is 11.6 Å². The van der Waals surface area contributed by atoms with E-state index in [9.17, 15) is 9.59 Å². The second-order valence-electron chi connectivity index (χ2n) is 9.29. The fourth-order valence-corrected chi connectivity index (χ4v) is 7.11. The molecule has 0 aromatic heterocycles. The quantitative estimate of drug-likeness (QED) is 0.723. The lowest BCUT2D eigenvalue weighted by atomic mass is 9.46. The van der Waals surface area contributed by atoms with Crippen molar-refractivity contribution in [3.8, 4) is 0 Å². The van der Waals surface area contributed by atoms with Crippen molar-refractivity contribution in [1.82, 2.24) is 0 Å². The summed E-state index contributed by atoms with van der Waals surface area (Å²) >= 11 is 0. The first-order chi connectivity index (χ1) is 11.5. The van der Waals surface area contributed by atoms with E-state index >= 15 is 0 Å². The number of allylic oxidation sites excluding steroid dienone is 1.